The molecule has 2 aliphatic rings. The number of amides is 2. The maximum absolute atomic E-state index is 12.2. The van der Waals surface area contributed by atoms with E-state index in [2.05, 4.69) is 15.2 Å². The second kappa shape index (κ2) is 9.08. The van der Waals surface area contributed by atoms with Gasteiger partial charge in [-0.15, -0.1) is 0 Å². The quantitative estimate of drug-likeness (QED) is 0.533. The molecule has 1 aromatic heterocycles. The Balaban J connectivity index is 1.36. The normalized spacial score (nSPS) is 18.5. The van der Waals surface area contributed by atoms with Crippen LogP contribution >= 0.6 is 0 Å². The number of nitro groups is 1. The van der Waals surface area contributed by atoms with E-state index in [1.807, 2.05) is 29.2 Å². The molecule has 168 valence electrons. The van der Waals surface area contributed by atoms with Gasteiger partial charge < -0.3 is 19.9 Å². The van der Waals surface area contributed by atoms with Crippen LogP contribution in [0.4, 0.5) is 27.7 Å². The third-order valence-electron chi connectivity index (χ3n) is 5.52. The molecule has 3 heterocycles. The summed E-state index contributed by atoms with van der Waals surface area (Å²) in [4.78, 5) is 44.0. The van der Waals surface area contributed by atoms with Crippen LogP contribution < -0.4 is 20.0 Å². The van der Waals surface area contributed by atoms with Crippen molar-refractivity contribution < 1.29 is 19.2 Å². The van der Waals surface area contributed by atoms with Crippen molar-refractivity contribution in [1.82, 2.24) is 10.3 Å². The van der Waals surface area contributed by atoms with Crippen LogP contribution in [0.3, 0.4) is 0 Å². The van der Waals surface area contributed by atoms with Crippen molar-refractivity contribution in [3.8, 4) is 0 Å². The summed E-state index contributed by atoms with van der Waals surface area (Å²) in [6.07, 6.45) is 0.755. The molecule has 0 saturated carbocycles. The van der Waals surface area contributed by atoms with Gasteiger partial charge in [0.15, 0.2) is 0 Å². The van der Waals surface area contributed by atoms with E-state index in [4.69, 9.17) is 4.74 Å². The van der Waals surface area contributed by atoms with Gasteiger partial charge in [0, 0.05) is 56.7 Å². The lowest BCUT2D eigenvalue weighted by molar-refractivity contribution is -0.384. The van der Waals surface area contributed by atoms with Gasteiger partial charge in [-0.05, 0) is 30.3 Å². The van der Waals surface area contributed by atoms with Crippen molar-refractivity contribution >= 4 is 34.9 Å². The lowest BCUT2D eigenvalue weighted by Gasteiger charge is -2.36. The largest absolute Gasteiger partial charge is 0.442 e. The van der Waals surface area contributed by atoms with E-state index in [1.54, 1.807) is 17.2 Å². The molecule has 11 heteroatoms. The van der Waals surface area contributed by atoms with Crippen LogP contribution in [0.15, 0.2) is 42.6 Å². The number of piperazine rings is 1. The molecule has 1 N–H and O–H groups in total. The Hall–Kier alpha value is -3.89. The minimum Gasteiger partial charge on any atom is -0.442 e. The second-order valence-electron chi connectivity index (χ2n) is 7.65. The molecular formula is C21H24N6O5. The van der Waals surface area contributed by atoms with E-state index in [-0.39, 0.29) is 24.2 Å². The predicted molar refractivity (Wildman–Crippen MR) is 118 cm³/mol. The van der Waals surface area contributed by atoms with Crippen molar-refractivity contribution in [3.63, 3.8) is 0 Å². The van der Waals surface area contributed by atoms with Gasteiger partial charge in [-0.3, -0.25) is 19.8 Å². The van der Waals surface area contributed by atoms with Crippen molar-refractivity contribution in [3.05, 3.63) is 52.7 Å². The van der Waals surface area contributed by atoms with Crippen LogP contribution in [0, 0.1) is 10.1 Å². The van der Waals surface area contributed by atoms with Crippen LogP contribution in [0.1, 0.15) is 6.92 Å². The molecule has 0 radical (unpaired) electrons. The fraction of sp³-hybridized carbons (Fsp3) is 0.381. The minimum absolute atomic E-state index is 0.0135. The number of aromatic nitrogens is 1. The first-order valence-corrected chi connectivity index (χ1v) is 10.3. The van der Waals surface area contributed by atoms with Gasteiger partial charge in [0.1, 0.15) is 6.10 Å². The topological polar surface area (TPSA) is 121 Å². The van der Waals surface area contributed by atoms with Crippen molar-refractivity contribution in [2.24, 2.45) is 0 Å². The van der Waals surface area contributed by atoms with Crippen LogP contribution in [0.2, 0.25) is 0 Å². The zero-order valence-electron chi connectivity index (χ0n) is 17.6. The number of anilines is 3. The van der Waals surface area contributed by atoms with Gasteiger partial charge in [-0.1, -0.05) is 0 Å². The summed E-state index contributed by atoms with van der Waals surface area (Å²) in [5, 5.41) is 13.9. The molecule has 2 aliphatic heterocycles. The summed E-state index contributed by atoms with van der Waals surface area (Å²) in [5.41, 5.74) is 1.75. The number of rotatable bonds is 6. The Bertz CT molecular complexity index is 1010. The van der Waals surface area contributed by atoms with E-state index in [1.165, 1.54) is 13.0 Å². The van der Waals surface area contributed by atoms with Gasteiger partial charge in [0.2, 0.25) is 11.7 Å². The van der Waals surface area contributed by atoms with Crippen molar-refractivity contribution in [2.45, 2.75) is 13.0 Å². The summed E-state index contributed by atoms with van der Waals surface area (Å²) in [6.45, 7) is 4.69. The summed E-state index contributed by atoms with van der Waals surface area (Å²) in [5.74, 6) is 0.232. The highest BCUT2D eigenvalue weighted by atomic mass is 16.6. The highest BCUT2D eigenvalue weighted by molar-refractivity contribution is 5.90. The molecule has 0 bridgehead atoms. The van der Waals surface area contributed by atoms with Crippen molar-refractivity contribution in [2.75, 3.05) is 54.0 Å². The zero-order valence-corrected chi connectivity index (χ0v) is 17.6. The zero-order chi connectivity index (χ0) is 22.7. The average molecular weight is 440 g/mol. The number of carbonyl (C=O) groups excluding carboxylic acids is 2. The molecule has 0 spiro atoms. The number of nitrogens with one attached hydrogen (secondary N) is 1. The number of hydrogen-bond acceptors (Lipinski definition) is 8. The average Bonchev–Trinajstić information content (AvgIpc) is 3.18. The Morgan fingerprint density at radius 2 is 1.81 bits per heavy atom. The smallest absolute Gasteiger partial charge is 0.414 e. The van der Waals surface area contributed by atoms with E-state index in [0.717, 1.165) is 11.4 Å². The van der Waals surface area contributed by atoms with Gasteiger partial charge >= 0.3 is 11.8 Å². The third kappa shape index (κ3) is 4.56. The van der Waals surface area contributed by atoms with E-state index >= 15 is 0 Å². The number of carbonyl (C=O) groups is 2. The SMILES string of the molecule is CC(=O)NCC1CN(c2ccc(N3CCN(c4ncccc4[N+](=O)[O-])CC3)cc2)C(=O)O1. The summed E-state index contributed by atoms with van der Waals surface area (Å²) < 4.78 is 5.31. The van der Waals surface area contributed by atoms with E-state index in [0.29, 0.717) is 38.5 Å². The van der Waals surface area contributed by atoms with Crippen LogP contribution in [0.25, 0.3) is 0 Å². The number of benzene rings is 1. The molecule has 2 saturated heterocycles. The van der Waals surface area contributed by atoms with E-state index in [9.17, 15) is 19.7 Å². The summed E-state index contributed by atoms with van der Waals surface area (Å²) >= 11 is 0. The molecule has 32 heavy (non-hydrogen) atoms. The molecule has 2 amide bonds. The molecular weight excluding hydrogens is 416 g/mol. The molecule has 0 aliphatic carbocycles. The Morgan fingerprint density at radius 3 is 2.47 bits per heavy atom. The number of hydrogen-bond donors (Lipinski definition) is 1. The number of nitrogens with zero attached hydrogens (tertiary/aromatic N) is 5. The first kappa shape index (κ1) is 21.3. The van der Waals surface area contributed by atoms with Gasteiger partial charge in [-0.2, -0.15) is 0 Å². The molecule has 2 fully saturated rings. The molecule has 1 unspecified atom stereocenters. The number of cyclic esters (lactones) is 1. The standard InChI is InChI=1S/C21H24N6O5/c1-15(28)23-13-18-14-26(21(29)32-18)17-6-4-16(5-7-17)24-9-11-25(12-10-24)20-19(27(30)31)3-2-8-22-20/h2-8,18H,9-14H2,1H3,(H,23,28). The molecule has 4 rings (SSSR count). The molecule has 2 aromatic rings. The second-order valence-corrected chi connectivity index (χ2v) is 7.65. The van der Waals surface area contributed by atoms with Crippen molar-refractivity contribution in [1.29, 1.82) is 0 Å². The van der Waals surface area contributed by atoms with Gasteiger partial charge in [0.05, 0.1) is 18.0 Å². The molecule has 1 aromatic carbocycles. The number of pyridine rings is 1. The summed E-state index contributed by atoms with van der Waals surface area (Å²) in [7, 11) is 0. The highest BCUT2D eigenvalue weighted by Gasteiger charge is 2.32. The number of ether oxygens (including phenoxy) is 1. The third-order valence-corrected chi connectivity index (χ3v) is 5.52. The lowest BCUT2D eigenvalue weighted by Crippen LogP contribution is -2.47. The van der Waals surface area contributed by atoms with Gasteiger partial charge in [-0.25, -0.2) is 9.78 Å². The maximum Gasteiger partial charge on any atom is 0.414 e. The molecule has 1 atom stereocenters. The fourth-order valence-corrected chi connectivity index (χ4v) is 3.89. The van der Waals surface area contributed by atoms with Gasteiger partial charge in [0.25, 0.3) is 0 Å². The maximum atomic E-state index is 12.2. The van der Waals surface area contributed by atoms with Crippen LogP contribution in [-0.2, 0) is 9.53 Å². The minimum atomic E-state index is -0.432. The Morgan fingerprint density at radius 1 is 1.16 bits per heavy atom. The van der Waals surface area contributed by atoms with E-state index < -0.39 is 11.0 Å². The first-order valence-electron chi connectivity index (χ1n) is 10.3. The monoisotopic (exact) mass is 440 g/mol. The lowest BCUT2D eigenvalue weighted by atomic mass is 10.2. The summed E-state index contributed by atoms with van der Waals surface area (Å²) in [6, 6.07) is 10.7. The Kier molecular flexibility index (Phi) is 6.06. The molecule has 11 nitrogen and oxygen atoms in total. The van der Waals surface area contributed by atoms with Crippen LogP contribution in [0.5, 0.6) is 0 Å². The van der Waals surface area contributed by atoms with Crippen LogP contribution in [-0.4, -0.2) is 67.3 Å². The Labute approximate surface area is 184 Å². The first-order chi connectivity index (χ1) is 15.4. The fourth-order valence-electron chi connectivity index (χ4n) is 3.89. The predicted octanol–water partition coefficient (Wildman–Crippen LogP) is 1.78. The highest BCUT2D eigenvalue weighted by Crippen LogP contribution is 2.28.